The van der Waals surface area contributed by atoms with E-state index >= 15 is 0 Å². The lowest BCUT2D eigenvalue weighted by Gasteiger charge is -2.42. The Hall–Kier alpha value is -3.06. The molecule has 1 N–H and O–H groups in total. The molecule has 7 heteroatoms. The minimum atomic E-state index is 0.213. The van der Waals surface area contributed by atoms with Crippen molar-refractivity contribution in [2.75, 3.05) is 38.2 Å². The van der Waals surface area contributed by atoms with Gasteiger partial charge in [0.05, 0.1) is 18.7 Å². The van der Waals surface area contributed by atoms with E-state index in [1.807, 2.05) is 30.3 Å². The second-order valence-corrected chi connectivity index (χ2v) is 10.6. The lowest BCUT2D eigenvalue weighted by atomic mass is 9.63. The Morgan fingerprint density at radius 1 is 1.12 bits per heavy atom. The van der Waals surface area contributed by atoms with Gasteiger partial charge in [0.15, 0.2) is 5.82 Å². The van der Waals surface area contributed by atoms with Gasteiger partial charge < -0.3 is 15.0 Å². The molecule has 2 saturated carbocycles. The minimum absolute atomic E-state index is 0.213. The molecular weight excluding hydrogens is 426 g/mol. The molecule has 7 nitrogen and oxygen atoms in total. The average Bonchev–Trinajstić information content (AvgIpc) is 3.18. The van der Waals surface area contributed by atoms with Crippen LogP contribution >= 0.6 is 0 Å². The van der Waals surface area contributed by atoms with Crippen LogP contribution in [-0.4, -0.2) is 58.6 Å². The second kappa shape index (κ2) is 7.73. The van der Waals surface area contributed by atoms with Crippen LogP contribution in [0, 0.1) is 29.1 Å². The first-order valence-electron chi connectivity index (χ1n) is 12.5. The molecule has 4 heterocycles. The van der Waals surface area contributed by atoms with Gasteiger partial charge in [-0.1, -0.05) is 18.6 Å². The number of likely N-dealkylation sites (tertiary alicyclic amines) is 1. The highest BCUT2D eigenvalue weighted by atomic mass is 16.5. The quantitative estimate of drug-likeness (QED) is 0.633. The number of hydrogen-bond acceptors (Lipinski definition) is 6. The maximum Gasteiger partial charge on any atom is 0.226 e. The summed E-state index contributed by atoms with van der Waals surface area (Å²) < 4.78 is 5.51. The maximum absolute atomic E-state index is 13.3. The van der Waals surface area contributed by atoms with E-state index in [4.69, 9.17) is 14.7 Å². The topological polar surface area (TPSA) is 80.2 Å². The van der Waals surface area contributed by atoms with E-state index < -0.39 is 0 Å². The first-order valence-corrected chi connectivity index (χ1v) is 12.5. The molecule has 2 aliphatic heterocycles. The highest BCUT2D eigenvalue weighted by Crippen LogP contribution is 2.55. The van der Waals surface area contributed by atoms with Gasteiger partial charge in [-0.05, 0) is 54.4 Å². The summed E-state index contributed by atoms with van der Waals surface area (Å²) in [6, 6.07) is 12.0. The first kappa shape index (κ1) is 20.3. The first-order chi connectivity index (χ1) is 16.7. The van der Waals surface area contributed by atoms with Crippen molar-refractivity contribution in [1.82, 2.24) is 19.9 Å². The number of aromatic nitrogens is 3. The number of carbonyl (C=O) groups is 1. The number of nitrogens with one attached hydrogen (secondary N) is 1. The highest BCUT2D eigenvalue weighted by Gasteiger charge is 2.61. The SMILES string of the molecule is O=C(C1[C@H]2COC[C@@H]12)N1CC(CNc2nc(-c3cccnc3)nc3ccccc23)C2(CCC2)C1. The molecular formula is C27H29N5O2. The van der Waals surface area contributed by atoms with Crippen molar-refractivity contribution in [3.8, 4) is 11.4 Å². The molecule has 2 aromatic heterocycles. The molecule has 4 aliphatic rings. The predicted octanol–water partition coefficient (Wildman–Crippen LogP) is 3.62. The number of nitrogens with zero attached hydrogens (tertiary/aromatic N) is 4. The van der Waals surface area contributed by atoms with Gasteiger partial charge in [-0.25, -0.2) is 9.97 Å². The van der Waals surface area contributed by atoms with Crippen molar-refractivity contribution < 1.29 is 9.53 Å². The summed E-state index contributed by atoms with van der Waals surface area (Å²) >= 11 is 0. The Labute approximate surface area is 198 Å². The summed E-state index contributed by atoms with van der Waals surface area (Å²) in [5.41, 5.74) is 2.09. The lowest BCUT2D eigenvalue weighted by Crippen LogP contribution is -2.40. The molecule has 1 spiro atoms. The van der Waals surface area contributed by atoms with Crippen LogP contribution in [0.15, 0.2) is 48.8 Å². The van der Waals surface area contributed by atoms with Crippen LogP contribution < -0.4 is 5.32 Å². The Bertz CT molecular complexity index is 1230. The molecule has 4 fully saturated rings. The number of para-hydroxylation sites is 1. The number of benzene rings is 1. The zero-order valence-electron chi connectivity index (χ0n) is 19.2. The summed E-state index contributed by atoms with van der Waals surface area (Å²) in [7, 11) is 0. The second-order valence-electron chi connectivity index (χ2n) is 10.6. The fraction of sp³-hybridized carbons (Fsp3) is 0.481. The van der Waals surface area contributed by atoms with Crippen molar-refractivity contribution in [1.29, 1.82) is 0 Å². The van der Waals surface area contributed by atoms with Crippen molar-refractivity contribution in [3.05, 3.63) is 48.8 Å². The Morgan fingerprint density at radius 2 is 1.97 bits per heavy atom. The van der Waals surface area contributed by atoms with Gasteiger partial charge in [0, 0.05) is 54.8 Å². The van der Waals surface area contributed by atoms with E-state index in [9.17, 15) is 4.79 Å². The number of amides is 1. The predicted molar refractivity (Wildman–Crippen MR) is 129 cm³/mol. The van der Waals surface area contributed by atoms with E-state index in [1.54, 1.807) is 12.4 Å². The third kappa shape index (κ3) is 3.21. The number of rotatable bonds is 5. The summed E-state index contributed by atoms with van der Waals surface area (Å²) in [4.78, 5) is 29.4. The smallest absolute Gasteiger partial charge is 0.226 e. The zero-order valence-corrected chi connectivity index (χ0v) is 19.2. The average molecular weight is 456 g/mol. The maximum atomic E-state index is 13.3. The van der Waals surface area contributed by atoms with Gasteiger partial charge in [-0.2, -0.15) is 0 Å². The van der Waals surface area contributed by atoms with Crippen LogP contribution in [0.25, 0.3) is 22.3 Å². The van der Waals surface area contributed by atoms with Crippen molar-refractivity contribution in [2.45, 2.75) is 19.3 Å². The standard InChI is InChI=1S/C27H29N5O2/c33-26(23-20-14-34-15-21(20)23)32-13-18(27(16-32)8-4-9-27)12-29-25-19-6-1-2-7-22(19)30-24(31-25)17-5-3-10-28-11-17/h1-3,5-7,10-11,18,20-21,23H,4,8-9,12-16H2,(H,29,30,31)/t18?,20-,21+,23?. The molecule has 3 aromatic rings. The van der Waals surface area contributed by atoms with Crippen LogP contribution in [0.5, 0.6) is 0 Å². The van der Waals surface area contributed by atoms with Gasteiger partial charge >= 0.3 is 0 Å². The molecule has 7 rings (SSSR count). The molecule has 174 valence electrons. The number of fused-ring (bicyclic) bond motifs is 2. The number of hydrogen-bond donors (Lipinski definition) is 1. The summed E-state index contributed by atoms with van der Waals surface area (Å²) in [5.74, 6) is 3.51. The third-order valence-electron chi connectivity index (χ3n) is 8.75. The van der Waals surface area contributed by atoms with Gasteiger partial charge in [-0.3, -0.25) is 9.78 Å². The van der Waals surface area contributed by atoms with Gasteiger partial charge in [-0.15, -0.1) is 0 Å². The normalized spacial score (nSPS) is 28.6. The zero-order chi connectivity index (χ0) is 22.7. The van der Waals surface area contributed by atoms with Crippen LogP contribution in [0.3, 0.4) is 0 Å². The third-order valence-corrected chi connectivity index (χ3v) is 8.75. The molecule has 0 radical (unpaired) electrons. The minimum Gasteiger partial charge on any atom is -0.381 e. The monoisotopic (exact) mass is 455 g/mol. The largest absolute Gasteiger partial charge is 0.381 e. The van der Waals surface area contributed by atoms with E-state index in [-0.39, 0.29) is 11.3 Å². The Balaban J connectivity index is 1.13. The lowest BCUT2D eigenvalue weighted by molar-refractivity contribution is -0.133. The molecule has 2 aliphatic carbocycles. The highest BCUT2D eigenvalue weighted by molar-refractivity contribution is 5.90. The molecule has 4 atom stereocenters. The fourth-order valence-corrected chi connectivity index (χ4v) is 6.55. The molecule has 0 bridgehead atoms. The van der Waals surface area contributed by atoms with Crippen LogP contribution in [0.4, 0.5) is 5.82 Å². The number of ether oxygens (including phenoxy) is 1. The summed E-state index contributed by atoms with van der Waals surface area (Å²) in [6.07, 6.45) is 7.26. The number of pyridine rings is 1. The van der Waals surface area contributed by atoms with Crippen LogP contribution in [0.2, 0.25) is 0 Å². The Morgan fingerprint density at radius 3 is 2.74 bits per heavy atom. The van der Waals surface area contributed by atoms with Crippen LogP contribution in [-0.2, 0) is 9.53 Å². The van der Waals surface area contributed by atoms with E-state index in [0.29, 0.717) is 29.5 Å². The van der Waals surface area contributed by atoms with E-state index in [0.717, 1.165) is 55.1 Å². The fourth-order valence-electron chi connectivity index (χ4n) is 6.55. The summed E-state index contributed by atoms with van der Waals surface area (Å²) in [5, 5.41) is 4.70. The molecule has 34 heavy (non-hydrogen) atoms. The van der Waals surface area contributed by atoms with E-state index in [1.165, 1.54) is 19.3 Å². The Kier molecular flexibility index (Phi) is 4.62. The van der Waals surface area contributed by atoms with Crippen molar-refractivity contribution in [3.63, 3.8) is 0 Å². The van der Waals surface area contributed by atoms with E-state index in [2.05, 4.69) is 21.3 Å². The molecule has 1 amide bonds. The number of carbonyl (C=O) groups excluding carboxylic acids is 1. The van der Waals surface area contributed by atoms with Crippen LogP contribution in [0.1, 0.15) is 19.3 Å². The number of anilines is 1. The summed E-state index contributed by atoms with van der Waals surface area (Å²) in [6.45, 7) is 4.12. The van der Waals surface area contributed by atoms with Gasteiger partial charge in [0.1, 0.15) is 5.82 Å². The molecule has 1 aromatic carbocycles. The molecule has 2 saturated heterocycles. The van der Waals surface area contributed by atoms with Crippen molar-refractivity contribution >= 4 is 22.6 Å². The van der Waals surface area contributed by atoms with Gasteiger partial charge in [0.2, 0.25) is 5.91 Å². The van der Waals surface area contributed by atoms with Gasteiger partial charge in [0.25, 0.3) is 0 Å². The van der Waals surface area contributed by atoms with Crippen molar-refractivity contribution in [2.24, 2.45) is 29.1 Å². The molecule has 2 unspecified atom stereocenters.